The summed E-state index contributed by atoms with van der Waals surface area (Å²) >= 11 is 3.48. The number of fused-ring (bicyclic) bond motifs is 1. The fourth-order valence-corrected chi connectivity index (χ4v) is 5.01. The number of carbonyl (C=O) groups excluding carboxylic acids is 1. The molecule has 0 radical (unpaired) electrons. The van der Waals surface area contributed by atoms with Crippen molar-refractivity contribution in [3.05, 3.63) is 104 Å². The lowest BCUT2D eigenvalue weighted by Gasteiger charge is -2.31. The smallest absolute Gasteiger partial charge is 0.269 e. The molecule has 162 valence electrons. The van der Waals surface area contributed by atoms with Gasteiger partial charge in [-0.05, 0) is 42.3 Å². The molecule has 3 aromatic carbocycles. The highest BCUT2D eigenvalue weighted by atomic mass is 79.9. The number of benzene rings is 3. The van der Waals surface area contributed by atoms with Gasteiger partial charge < -0.3 is 4.90 Å². The number of nitro groups is 1. The second-order valence-corrected chi connectivity index (χ2v) is 9.13. The summed E-state index contributed by atoms with van der Waals surface area (Å²) < 4.78 is 0.986. The van der Waals surface area contributed by atoms with Crippen LogP contribution in [0.4, 0.5) is 11.4 Å². The molecule has 5 rings (SSSR count). The Balaban J connectivity index is 1.61. The number of carbonyl (C=O) groups is 1. The molecule has 0 aliphatic carbocycles. The standard InChI is InChI=1S/C24H21BrN4O3/c1-14-2-10-18(11-3-14)28-23(16-6-12-19(13-7-16)29(31)32)20-21(26-27-22(20)24(28)30)15-4-8-17(25)9-5-15/h2-13,20-23,26-27H,1H3. The van der Waals surface area contributed by atoms with Gasteiger partial charge in [-0.1, -0.05) is 57.9 Å². The third-order valence-corrected chi connectivity index (χ3v) is 6.83. The number of non-ortho nitro benzene ring substituents is 1. The SMILES string of the molecule is Cc1ccc(N2C(=O)C3NNC(c4ccc(Br)cc4)C3C2c2ccc([N+](=O)[O-])cc2)cc1. The molecule has 2 fully saturated rings. The van der Waals surface area contributed by atoms with E-state index in [2.05, 4.69) is 26.8 Å². The van der Waals surface area contributed by atoms with Crippen LogP contribution in [-0.4, -0.2) is 16.9 Å². The van der Waals surface area contributed by atoms with Crippen molar-refractivity contribution in [3.8, 4) is 0 Å². The summed E-state index contributed by atoms with van der Waals surface area (Å²) in [5.41, 5.74) is 10.4. The number of aryl methyl sites for hydroxylation is 1. The van der Waals surface area contributed by atoms with E-state index in [9.17, 15) is 14.9 Å². The molecule has 1 amide bonds. The molecule has 0 aromatic heterocycles. The van der Waals surface area contributed by atoms with Crippen LogP contribution >= 0.6 is 15.9 Å². The number of hydrogen-bond acceptors (Lipinski definition) is 5. The Kier molecular flexibility index (Phi) is 5.28. The quantitative estimate of drug-likeness (QED) is 0.410. The van der Waals surface area contributed by atoms with Crippen LogP contribution in [0, 0.1) is 23.0 Å². The van der Waals surface area contributed by atoms with Gasteiger partial charge in [0.05, 0.1) is 17.0 Å². The van der Waals surface area contributed by atoms with Crippen LogP contribution in [0.5, 0.6) is 0 Å². The summed E-state index contributed by atoms with van der Waals surface area (Å²) in [6, 6.07) is 21.7. The second kappa shape index (κ2) is 8.12. The first-order chi connectivity index (χ1) is 15.4. The number of nitro benzene ring substituents is 1. The van der Waals surface area contributed by atoms with Gasteiger partial charge in [-0.15, -0.1) is 0 Å². The molecule has 7 nitrogen and oxygen atoms in total. The van der Waals surface area contributed by atoms with Gasteiger partial charge in [0.1, 0.15) is 6.04 Å². The minimum absolute atomic E-state index is 0.0192. The number of nitrogens with zero attached hydrogens (tertiary/aromatic N) is 2. The normalized spacial score (nSPS) is 24.6. The fraction of sp³-hybridized carbons (Fsp3) is 0.208. The van der Waals surface area contributed by atoms with Crippen LogP contribution < -0.4 is 15.8 Å². The van der Waals surface area contributed by atoms with E-state index in [0.29, 0.717) is 0 Å². The number of hydrogen-bond donors (Lipinski definition) is 2. The number of halogens is 1. The number of hydrazine groups is 1. The van der Waals surface area contributed by atoms with E-state index in [0.717, 1.165) is 26.9 Å². The van der Waals surface area contributed by atoms with Gasteiger partial charge in [0.2, 0.25) is 5.91 Å². The molecule has 0 spiro atoms. The van der Waals surface area contributed by atoms with Crippen molar-refractivity contribution in [2.45, 2.75) is 25.0 Å². The van der Waals surface area contributed by atoms with Crippen LogP contribution in [-0.2, 0) is 4.79 Å². The van der Waals surface area contributed by atoms with E-state index in [1.807, 2.05) is 60.4 Å². The zero-order valence-electron chi connectivity index (χ0n) is 17.2. The average molecular weight is 493 g/mol. The van der Waals surface area contributed by atoms with Gasteiger partial charge in [-0.25, -0.2) is 10.9 Å². The van der Waals surface area contributed by atoms with Gasteiger partial charge in [0, 0.05) is 28.2 Å². The van der Waals surface area contributed by atoms with E-state index in [1.54, 1.807) is 12.1 Å². The first kappa shape index (κ1) is 20.8. The molecule has 0 bridgehead atoms. The Morgan fingerprint density at radius 3 is 2.09 bits per heavy atom. The number of rotatable bonds is 4. The zero-order valence-corrected chi connectivity index (χ0v) is 18.8. The highest BCUT2D eigenvalue weighted by molar-refractivity contribution is 9.10. The minimum atomic E-state index is -0.412. The molecule has 4 unspecified atom stereocenters. The Labute approximate surface area is 193 Å². The lowest BCUT2D eigenvalue weighted by Crippen LogP contribution is -2.41. The topological polar surface area (TPSA) is 87.5 Å². The fourth-order valence-electron chi connectivity index (χ4n) is 4.75. The van der Waals surface area contributed by atoms with Crippen molar-refractivity contribution in [1.29, 1.82) is 0 Å². The molecular weight excluding hydrogens is 472 g/mol. The van der Waals surface area contributed by atoms with Crippen LogP contribution in [0.3, 0.4) is 0 Å². The third kappa shape index (κ3) is 3.50. The molecule has 2 aliphatic heterocycles. The summed E-state index contributed by atoms with van der Waals surface area (Å²) in [5, 5.41) is 11.2. The summed E-state index contributed by atoms with van der Waals surface area (Å²) in [5.74, 6) is -0.124. The average Bonchev–Trinajstić information content (AvgIpc) is 3.34. The maximum absolute atomic E-state index is 13.6. The molecule has 2 N–H and O–H groups in total. The molecular formula is C24H21BrN4O3. The van der Waals surface area contributed by atoms with Crippen LogP contribution in [0.15, 0.2) is 77.3 Å². The van der Waals surface area contributed by atoms with Crippen molar-refractivity contribution < 1.29 is 9.72 Å². The summed E-state index contributed by atoms with van der Waals surface area (Å²) in [6.07, 6.45) is 0. The van der Waals surface area contributed by atoms with Gasteiger partial charge in [-0.2, -0.15) is 0 Å². The summed E-state index contributed by atoms with van der Waals surface area (Å²) in [4.78, 5) is 26.2. The van der Waals surface area contributed by atoms with Gasteiger partial charge in [-0.3, -0.25) is 14.9 Å². The highest BCUT2D eigenvalue weighted by Crippen LogP contribution is 2.49. The van der Waals surface area contributed by atoms with E-state index in [-0.39, 0.29) is 29.6 Å². The van der Waals surface area contributed by atoms with Crippen molar-refractivity contribution in [2.24, 2.45) is 5.92 Å². The van der Waals surface area contributed by atoms with Crippen molar-refractivity contribution in [1.82, 2.24) is 10.9 Å². The first-order valence-electron chi connectivity index (χ1n) is 10.3. The van der Waals surface area contributed by atoms with Crippen molar-refractivity contribution in [2.75, 3.05) is 4.90 Å². The Bertz CT molecular complexity index is 1170. The molecule has 0 saturated carbocycles. The summed E-state index contributed by atoms with van der Waals surface area (Å²) in [7, 11) is 0. The molecule has 32 heavy (non-hydrogen) atoms. The van der Waals surface area contributed by atoms with E-state index in [4.69, 9.17) is 0 Å². The predicted molar refractivity (Wildman–Crippen MR) is 125 cm³/mol. The largest absolute Gasteiger partial charge is 0.303 e. The van der Waals surface area contributed by atoms with Crippen molar-refractivity contribution in [3.63, 3.8) is 0 Å². The van der Waals surface area contributed by atoms with E-state index in [1.165, 1.54) is 12.1 Å². The van der Waals surface area contributed by atoms with Crippen molar-refractivity contribution >= 4 is 33.2 Å². The molecule has 3 aromatic rings. The lowest BCUT2D eigenvalue weighted by molar-refractivity contribution is -0.384. The zero-order chi connectivity index (χ0) is 22.4. The Morgan fingerprint density at radius 1 is 0.875 bits per heavy atom. The molecule has 4 atom stereocenters. The maximum atomic E-state index is 13.6. The maximum Gasteiger partial charge on any atom is 0.269 e. The van der Waals surface area contributed by atoms with Gasteiger partial charge in [0.25, 0.3) is 5.69 Å². The monoisotopic (exact) mass is 492 g/mol. The Hall–Kier alpha value is -3.07. The minimum Gasteiger partial charge on any atom is -0.303 e. The van der Waals surface area contributed by atoms with Crippen LogP contribution in [0.2, 0.25) is 0 Å². The molecule has 8 heteroatoms. The van der Waals surface area contributed by atoms with Crippen LogP contribution in [0.25, 0.3) is 0 Å². The summed E-state index contributed by atoms with van der Waals surface area (Å²) in [6.45, 7) is 2.01. The number of amides is 1. The highest BCUT2D eigenvalue weighted by Gasteiger charge is 2.56. The van der Waals surface area contributed by atoms with Gasteiger partial charge in [0.15, 0.2) is 0 Å². The molecule has 2 saturated heterocycles. The second-order valence-electron chi connectivity index (χ2n) is 8.21. The van der Waals surface area contributed by atoms with Gasteiger partial charge >= 0.3 is 0 Å². The molecule has 2 heterocycles. The first-order valence-corrected chi connectivity index (χ1v) is 11.1. The van der Waals surface area contributed by atoms with E-state index >= 15 is 0 Å². The molecule has 2 aliphatic rings. The van der Waals surface area contributed by atoms with Crippen LogP contribution in [0.1, 0.15) is 28.8 Å². The van der Waals surface area contributed by atoms with E-state index < -0.39 is 11.0 Å². The predicted octanol–water partition coefficient (Wildman–Crippen LogP) is 4.59. The third-order valence-electron chi connectivity index (χ3n) is 6.30. The lowest BCUT2D eigenvalue weighted by atomic mass is 9.83. The number of nitrogens with one attached hydrogen (secondary N) is 2. The number of anilines is 1. The Morgan fingerprint density at radius 2 is 1.47 bits per heavy atom.